The molecule has 0 saturated carbocycles. The van der Waals surface area contributed by atoms with Gasteiger partial charge in [0.25, 0.3) is 0 Å². The Morgan fingerprint density at radius 2 is 2.10 bits per heavy atom. The molecule has 2 N–H and O–H groups in total. The van der Waals surface area contributed by atoms with Crippen molar-refractivity contribution >= 4 is 10.9 Å². The topological polar surface area (TPSA) is 29.0 Å². The average Bonchev–Trinajstić information content (AvgIpc) is 2.90. The highest BCUT2D eigenvalue weighted by Crippen LogP contribution is 2.23. The summed E-state index contributed by atoms with van der Waals surface area (Å²) in [6.45, 7) is 7.65. The van der Waals surface area contributed by atoms with Crippen LogP contribution in [0, 0.1) is 5.92 Å². The normalized spacial score (nSPS) is 16.9. The molecule has 1 saturated heterocycles. The summed E-state index contributed by atoms with van der Waals surface area (Å²) in [6.07, 6.45) is 4.87. The molecular formula is C17H25N3. The largest absolute Gasteiger partial charge is 0.347 e. The van der Waals surface area contributed by atoms with Crippen LogP contribution in [0.2, 0.25) is 0 Å². The van der Waals surface area contributed by atoms with E-state index in [0.29, 0.717) is 0 Å². The molecule has 3 heteroatoms. The fraction of sp³-hybridized carbons (Fsp3) is 0.529. The summed E-state index contributed by atoms with van der Waals surface area (Å²) in [4.78, 5) is 0. The Morgan fingerprint density at radius 3 is 2.90 bits per heavy atom. The van der Waals surface area contributed by atoms with Gasteiger partial charge in [-0.15, -0.1) is 0 Å². The first-order valence-corrected chi connectivity index (χ1v) is 7.86. The number of rotatable bonds is 5. The van der Waals surface area contributed by atoms with Crippen LogP contribution in [0.3, 0.4) is 0 Å². The van der Waals surface area contributed by atoms with E-state index in [9.17, 15) is 0 Å². The van der Waals surface area contributed by atoms with Crippen LogP contribution in [0.5, 0.6) is 0 Å². The van der Waals surface area contributed by atoms with E-state index in [1.807, 2.05) is 0 Å². The van der Waals surface area contributed by atoms with Crippen LogP contribution in [-0.2, 0) is 13.1 Å². The number of hydrogen-bond acceptors (Lipinski definition) is 2. The Balaban J connectivity index is 1.81. The molecule has 1 aromatic carbocycles. The molecule has 3 nitrogen and oxygen atoms in total. The number of benzene rings is 1. The number of hydrogen-bond donors (Lipinski definition) is 2. The summed E-state index contributed by atoms with van der Waals surface area (Å²) in [5.41, 5.74) is 2.80. The summed E-state index contributed by atoms with van der Waals surface area (Å²) < 4.78 is 2.45. The van der Waals surface area contributed by atoms with Gasteiger partial charge >= 0.3 is 0 Å². The van der Waals surface area contributed by atoms with E-state index in [-0.39, 0.29) is 0 Å². The second kappa shape index (κ2) is 6.42. The summed E-state index contributed by atoms with van der Waals surface area (Å²) in [5, 5.41) is 8.28. The van der Waals surface area contributed by atoms with Crippen molar-refractivity contribution in [3.8, 4) is 0 Å². The predicted octanol–water partition coefficient (Wildman–Crippen LogP) is 2.75. The maximum atomic E-state index is 3.45. The van der Waals surface area contributed by atoms with E-state index in [1.54, 1.807) is 0 Å². The number of nitrogens with one attached hydrogen (secondary N) is 2. The van der Waals surface area contributed by atoms with Crippen LogP contribution in [0.15, 0.2) is 30.5 Å². The van der Waals surface area contributed by atoms with Crippen molar-refractivity contribution in [1.82, 2.24) is 15.2 Å². The zero-order chi connectivity index (χ0) is 13.8. The van der Waals surface area contributed by atoms with Gasteiger partial charge in [-0.05, 0) is 56.1 Å². The van der Waals surface area contributed by atoms with Gasteiger partial charge in [0.2, 0.25) is 0 Å². The molecule has 0 unspecified atom stereocenters. The van der Waals surface area contributed by atoms with E-state index >= 15 is 0 Å². The van der Waals surface area contributed by atoms with Gasteiger partial charge in [-0.2, -0.15) is 0 Å². The van der Waals surface area contributed by atoms with Crippen LogP contribution in [0.4, 0.5) is 0 Å². The van der Waals surface area contributed by atoms with Gasteiger partial charge in [0.05, 0.1) is 0 Å². The first-order valence-electron chi connectivity index (χ1n) is 7.86. The molecule has 1 aliphatic rings. The van der Waals surface area contributed by atoms with Crippen LogP contribution in [0.25, 0.3) is 10.9 Å². The maximum Gasteiger partial charge on any atom is 0.0483 e. The highest BCUT2D eigenvalue weighted by Gasteiger charge is 2.14. The van der Waals surface area contributed by atoms with Gasteiger partial charge in [0, 0.05) is 30.2 Å². The predicted molar refractivity (Wildman–Crippen MR) is 84.9 cm³/mol. The minimum absolute atomic E-state index is 0.823. The van der Waals surface area contributed by atoms with Crippen LogP contribution in [-0.4, -0.2) is 24.2 Å². The molecule has 2 aromatic rings. The number of aromatic nitrogens is 1. The minimum Gasteiger partial charge on any atom is -0.347 e. The molecule has 0 bridgehead atoms. The van der Waals surface area contributed by atoms with Crippen LogP contribution in [0.1, 0.15) is 25.3 Å². The molecule has 0 atom stereocenters. The van der Waals surface area contributed by atoms with Gasteiger partial charge in [-0.25, -0.2) is 0 Å². The lowest BCUT2D eigenvalue weighted by Gasteiger charge is -2.23. The van der Waals surface area contributed by atoms with Gasteiger partial charge in [0.15, 0.2) is 0 Å². The van der Waals surface area contributed by atoms with Crippen molar-refractivity contribution in [2.24, 2.45) is 5.92 Å². The lowest BCUT2D eigenvalue weighted by molar-refractivity contribution is 0.337. The monoisotopic (exact) mass is 271 g/mol. The fourth-order valence-electron chi connectivity index (χ4n) is 3.20. The Kier molecular flexibility index (Phi) is 4.38. The third kappa shape index (κ3) is 2.89. The van der Waals surface area contributed by atoms with Crippen LogP contribution < -0.4 is 10.6 Å². The summed E-state index contributed by atoms with van der Waals surface area (Å²) in [5.74, 6) is 0.823. The van der Waals surface area contributed by atoms with E-state index in [1.165, 1.54) is 42.4 Å². The molecule has 1 aromatic heterocycles. The molecule has 108 valence electrons. The van der Waals surface area contributed by atoms with Gasteiger partial charge in [-0.3, -0.25) is 0 Å². The SMILES string of the molecule is CCNCc1cccc2c1ccn2CC1CCNCC1. The van der Waals surface area contributed by atoms with Crippen molar-refractivity contribution in [1.29, 1.82) is 0 Å². The molecule has 2 heterocycles. The Morgan fingerprint density at radius 1 is 1.25 bits per heavy atom. The van der Waals surface area contributed by atoms with Gasteiger partial charge in [0.1, 0.15) is 0 Å². The van der Waals surface area contributed by atoms with Crippen molar-refractivity contribution in [2.45, 2.75) is 32.9 Å². The van der Waals surface area contributed by atoms with Crippen molar-refractivity contribution < 1.29 is 0 Å². The Bertz CT molecular complexity index is 552. The first kappa shape index (κ1) is 13.7. The molecule has 1 fully saturated rings. The standard InChI is InChI=1S/C17H25N3/c1-2-18-12-15-4-3-5-17-16(15)8-11-20(17)13-14-6-9-19-10-7-14/h3-5,8,11,14,18-19H,2,6-7,9-10,12-13H2,1H3. The number of nitrogens with zero attached hydrogens (tertiary/aromatic N) is 1. The summed E-state index contributed by atoms with van der Waals surface area (Å²) in [6, 6.07) is 8.96. The molecule has 3 rings (SSSR count). The quantitative estimate of drug-likeness (QED) is 0.875. The molecule has 0 radical (unpaired) electrons. The lowest BCUT2D eigenvalue weighted by atomic mass is 9.98. The zero-order valence-electron chi connectivity index (χ0n) is 12.4. The minimum atomic E-state index is 0.823. The van der Waals surface area contributed by atoms with Gasteiger partial charge < -0.3 is 15.2 Å². The van der Waals surface area contributed by atoms with E-state index in [0.717, 1.165) is 25.6 Å². The Hall–Kier alpha value is -1.32. The van der Waals surface area contributed by atoms with E-state index in [2.05, 4.69) is 52.6 Å². The third-order valence-electron chi connectivity index (χ3n) is 4.38. The molecule has 20 heavy (non-hydrogen) atoms. The molecular weight excluding hydrogens is 246 g/mol. The Labute approximate surface area is 121 Å². The highest BCUT2D eigenvalue weighted by molar-refractivity contribution is 5.83. The van der Waals surface area contributed by atoms with E-state index in [4.69, 9.17) is 0 Å². The zero-order valence-corrected chi connectivity index (χ0v) is 12.4. The molecule has 0 amide bonds. The third-order valence-corrected chi connectivity index (χ3v) is 4.38. The molecule has 0 aliphatic carbocycles. The van der Waals surface area contributed by atoms with E-state index < -0.39 is 0 Å². The maximum absolute atomic E-state index is 3.45. The lowest BCUT2D eigenvalue weighted by Crippen LogP contribution is -2.29. The molecule has 0 spiro atoms. The van der Waals surface area contributed by atoms with Gasteiger partial charge in [-0.1, -0.05) is 19.1 Å². The van der Waals surface area contributed by atoms with Crippen molar-refractivity contribution in [3.63, 3.8) is 0 Å². The summed E-state index contributed by atoms with van der Waals surface area (Å²) >= 11 is 0. The summed E-state index contributed by atoms with van der Waals surface area (Å²) in [7, 11) is 0. The number of fused-ring (bicyclic) bond motifs is 1. The van der Waals surface area contributed by atoms with Crippen molar-refractivity contribution in [3.05, 3.63) is 36.0 Å². The second-order valence-electron chi connectivity index (χ2n) is 5.79. The fourth-order valence-corrected chi connectivity index (χ4v) is 3.20. The van der Waals surface area contributed by atoms with Crippen molar-refractivity contribution in [2.75, 3.05) is 19.6 Å². The molecule has 1 aliphatic heterocycles. The number of piperidine rings is 1. The second-order valence-corrected chi connectivity index (χ2v) is 5.79. The first-order chi connectivity index (χ1) is 9.88. The average molecular weight is 271 g/mol. The smallest absolute Gasteiger partial charge is 0.0483 e. The van der Waals surface area contributed by atoms with Crippen LogP contribution >= 0.6 is 0 Å². The highest BCUT2D eigenvalue weighted by atomic mass is 15.0.